The average molecular weight is 343 g/mol. The van der Waals surface area contributed by atoms with Crippen LogP contribution in [0.2, 0.25) is 0 Å². The molecule has 4 heteroatoms. The quantitative estimate of drug-likeness (QED) is 0.449. The molecule has 2 aliphatic rings. The highest BCUT2D eigenvalue weighted by Gasteiger charge is 2.26. The first-order chi connectivity index (χ1) is 12.1. The van der Waals surface area contributed by atoms with Crippen molar-refractivity contribution < 1.29 is 14.3 Å². The van der Waals surface area contributed by atoms with Crippen LogP contribution in [0.1, 0.15) is 63.0 Å². The summed E-state index contributed by atoms with van der Waals surface area (Å²) in [6.45, 7) is 2.72. The molecule has 1 fully saturated rings. The van der Waals surface area contributed by atoms with Gasteiger partial charge in [0.05, 0.1) is 0 Å². The van der Waals surface area contributed by atoms with Crippen LogP contribution >= 0.6 is 0 Å². The summed E-state index contributed by atoms with van der Waals surface area (Å²) in [6.07, 6.45) is 8.29. The molecule has 0 N–H and O–H groups in total. The number of nitrogens with zero attached hydrogens (tertiary/aromatic N) is 1. The fourth-order valence-corrected chi connectivity index (χ4v) is 4.13. The number of hydrogen-bond donors (Lipinski definition) is 0. The number of carbonyl (C=O) groups is 2. The van der Waals surface area contributed by atoms with Crippen molar-refractivity contribution in [3.05, 3.63) is 35.4 Å². The Morgan fingerprint density at radius 3 is 2.52 bits per heavy atom. The second-order valence-electron chi connectivity index (χ2n) is 7.57. The van der Waals surface area contributed by atoms with Crippen molar-refractivity contribution in [2.45, 2.75) is 70.8 Å². The number of hydrogen-bond acceptors (Lipinski definition) is 3. The molecular formula is C21H29NO3. The Morgan fingerprint density at radius 1 is 1.12 bits per heavy atom. The van der Waals surface area contributed by atoms with Gasteiger partial charge < -0.3 is 9.64 Å². The van der Waals surface area contributed by atoms with Crippen molar-refractivity contribution in [2.75, 3.05) is 6.54 Å². The normalized spacial score (nSPS) is 20.4. The van der Waals surface area contributed by atoms with Gasteiger partial charge in [-0.3, -0.25) is 4.79 Å². The summed E-state index contributed by atoms with van der Waals surface area (Å²) < 4.78 is 5.03. The largest absolute Gasteiger partial charge is 0.417 e. The molecule has 1 aliphatic carbocycles. The van der Waals surface area contributed by atoms with Gasteiger partial charge in [0.25, 0.3) is 0 Å². The van der Waals surface area contributed by atoms with Gasteiger partial charge in [-0.25, -0.2) is 4.79 Å². The molecule has 0 bridgehead atoms. The van der Waals surface area contributed by atoms with E-state index in [0.29, 0.717) is 18.9 Å². The number of esters is 1. The van der Waals surface area contributed by atoms with Crippen LogP contribution in [-0.2, 0) is 22.4 Å². The Hall–Kier alpha value is -1.84. The summed E-state index contributed by atoms with van der Waals surface area (Å²) >= 11 is 0. The molecule has 4 nitrogen and oxygen atoms in total. The first-order valence-electron chi connectivity index (χ1n) is 9.71. The SMILES string of the molecule is CC1CCCCN1C(=O)OC(=O)CCCCC1Cc2ccccc2C1. The van der Waals surface area contributed by atoms with E-state index < -0.39 is 6.09 Å². The molecule has 1 atom stereocenters. The Morgan fingerprint density at radius 2 is 1.84 bits per heavy atom. The third-order valence-electron chi connectivity index (χ3n) is 5.62. The average Bonchev–Trinajstić information content (AvgIpc) is 3.02. The molecule has 1 aromatic carbocycles. The topological polar surface area (TPSA) is 46.6 Å². The summed E-state index contributed by atoms with van der Waals surface area (Å²) in [5.41, 5.74) is 2.96. The Kier molecular flexibility index (Phi) is 6.11. The van der Waals surface area contributed by atoms with Crippen LogP contribution in [-0.4, -0.2) is 29.5 Å². The zero-order valence-corrected chi connectivity index (χ0v) is 15.2. The predicted molar refractivity (Wildman–Crippen MR) is 97.3 cm³/mol. The zero-order valence-electron chi connectivity index (χ0n) is 15.2. The molecule has 0 radical (unpaired) electrons. The number of carbonyl (C=O) groups excluding carboxylic acids is 2. The molecule has 136 valence electrons. The van der Waals surface area contributed by atoms with E-state index in [1.54, 1.807) is 4.90 Å². The van der Waals surface area contributed by atoms with E-state index in [-0.39, 0.29) is 12.0 Å². The summed E-state index contributed by atoms with van der Waals surface area (Å²) in [5.74, 6) is 0.321. The molecule has 0 saturated carbocycles. The second kappa shape index (κ2) is 8.50. The Balaban J connectivity index is 1.31. The number of unbranched alkanes of at least 4 members (excludes halogenated alkanes) is 1. The van der Waals surface area contributed by atoms with Gasteiger partial charge in [0.15, 0.2) is 0 Å². The van der Waals surface area contributed by atoms with Gasteiger partial charge in [0, 0.05) is 19.0 Å². The maximum Gasteiger partial charge on any atom is 0.417 e. The van der Waals surface area contributed by atoms with Crippen LogP contribution in [0.3, 0.4) is 0 Å². The summed E-state index contributed by atoms with van der Waals surface area (Å²) in [6, 6.07) is 8.84. The minimum atomic E-state index is -0.455. The van der Waals surface area contributed by atoms with E-state index in [1.165, 1.54) is 11.1 Å². The van der Waals surface area contributed by atoms with E-state index in [1.807, 2.05) is 6.92 Å². The lowest BCUT2D eigenvalue weighted by Crippen LogP contribution is -2.43. The van der Waals surface area contributed by atoms with Crippen molar-refractivity contribution in [1.29, 1.82) is 0 Å². The number of fused-ring (bicyclic) bond motifs is 1. The van der Waals surface area contributed by atoms with E-state index in [0.717, 1.165) is 51.4 Å². The fraction of sp³-hybridized carbons (Fsp3) is 0.619. The van der Waals surface area contributed by atoms with Crippen LogP contribution in [0.4, 0.5) is 4.79 Å². The molecule has 25 heavy (non-hydrogen) atoms. The van der Waals surface area contributed by atoms with Crippen LogP contribution in [0.5, 0.6) is 0 Å². The minimum Gasteiger partial charge on any atom is -0.376 e. The molecular weight excluding hydrogens is 314 g/mol. The molecule has 3 rings (SSSR count). The number of amides is 1. The zero-order chi connectivity index (χ0) is 17.6. The van der Waals surface area contributed by atoms with Gasteiger partial charge in [-0.15, -0.1) is 0 Å². The van der Waals surface area contributed by atoms with Crippen LogP contribution in [0, 0.1) is 5.92 Å². The number of benzene rings is 1. The van der Waals surface area contributed by atoms with E-state index in [9.17, 15) is 9.59 Å². The summed E-state index contributed by atoms with van der Waals surface area (Å²) in [5, 5.41) is 0. The second-order valence-corrected chi connectivity index (χ2v) is 7.57. The lowest BCUT2D eigenvalue weighted by molar-refractivity contribution is -0.138. The van der Waals surface area contributed by atoms with Gasteiger partial charge in [-0.2, -0.15) is 0 Å². The van der Waals surface area contributed by atoms with Crippen molar-refractivity contribution in [3.8, 4) is 0 Å². The standard InChI is InChI=1S/C21H29NO3/c1-16-8-6-7-13-22(16)21(24)25-20(23)12-5-2-9-17-14-18-10-3-4-11-19(18)15-17/h3-4,10-11,16-17H,2,5-9,12-15H2,1H3. The van der Waals surface area contributed by atoms with Crippen LogP contribution in [0.15, 0.2) is 24.3 Å². The molecule has 1 aliphatic heterocycles. The smallest absolute Gasteiger partial charge is 0.376 e. The molecule has 0 spiro atoms. The predicted octanol–water partition coefficient (Wildman–Crippen LogP) is 4.50. The lowest BCUT2D eigenvalue weighted by Gasteiger charge is -2.31. The Labute approximate surface area is 150 Å². The molecule has 0 aromatic heterocycles. The first kappa shape index (κ1) is 18.0. The number of likely N-dealkylation sites (tertiary alicyclic amines) is 1. The van der Waals surface area contributed by atoms with E-state index in [4.69, 9.17) is 4.74 Å². The summed E-state index contributed by atoms with van der Waals surface area (Å²) in [7, 11) is 0. The van der Waals surface area contributed by atoms with E-state index in [2.05, 4.69) is 24.3 Å². The van der Waals surface area contributed by atoms with Crippen molar-refractivity contribution in [2.24, 2.45) is 5.92 Å². The monoisotopic (exact) mass is 343 g/mol. The highest BCUT2D eigenvalue weighted by atomic mass is 16.6. The van der Waals surface area contributed by atoms with Gasteiger partial charge in [0.1, 0.15) is 0 Å². The summed E-state index contributed by atoms with van der Waals surface area (Å²) in [4.78, 5) is 25.7. The first-order valence-corrected chi connectivity index (χ1v) is 9.71. The van der Waals surface area contributed by atoms with Gasteiger partial charge in [0.2, 0.25) is 0 Å². The number of rotatable bonds is 5. The minimum absolute atomic E-state index is 0.179. The highest BCUT2D eigenvalue weighted by Crippen LogP contribution is 2.29. The molecule has 1 saturated heterocycles. The van der Waals surface area contributed by atoms with Gasteiger partial charge in [-0.05, 0) is 68.9 Å². The van der Waals surface area contributed by atoms with Gasteiger partial charge in [-0.1, -0.05) is 30.7 Å². The Bertz CT molecular complexity index is 588. The molecule has 1 heterocycles. The highest BCUT2D eigenvalue weighted by molar-refractivity contribution is 5.84. The third kappa shape index (κ3) is 4.83. The van der Waals surface area contributed by atoms with E-state index >= 15 is 0 Å². The lowest BCUT2D eigenvalue weighted by atomic mass is 9.98. The maximum atomic E-state index is 12.1. The maximum absolute atomic E-state index is 12.1. The molecule has 1 amide bonds. The third-order valence-corrected chi connectivity index (χ3v) is 5.62. The molecule has 1 unspecified atom stereocenters. The van der Waals surface area contributed by atoms with Crippen molar-refractivity contribution in [3.63, 3.8) is 0 Å². The van der Waals surface area contributed by atoms with Crippen LogP contribution in [0.25, 0.3) is 0 Å². The van der Waals surface area contributed by atoms with Gasteiger partial charge >= 0.3 is 12.1 Å². The van der Waals surface area contributed by atoms with Crippen molar-refractivity contribution in [1.82, 2.24) is 4.90 Å². The molecule has 1 aromatic rings. The van der Waals surface area contributed by atoms with Crippen LogP contribution < -0.4 is 0 Å². The number of piperidine rings is 1. The number of ether oxygens (including phenoxy) is 1. The fourth-order valence-electron chi connectivity index (χ4n) is 4.13. The van der Waals surface area contributed by atoms with Crippen molar-refractivity contribution >= 4 is 12.1 Å².